The van der Waals surface area contributed by atoms with Gasteiger partial charge in [0.2, 0.25) is 11.8 Å². The molecule has 2 amide bonds. The molecule has 0 aromatic heterocycles. The minimum atomic E-state index is -0.561. The molecule has 3 aromatic carbocycles. The standard InChI is InChI=1S/C28H29FN2O4/c1-34-21-13-11-20(12-14-21)31-26(32)16-15-23(27(31)22-8-4-6-10-25(22)35-2)28(33)30-18-17-19-7-3-5-9-24(19)29/h3-14,23,27H,15-18H2,1-2H3,(H,30,33)/t23-,27-/m1/s1. The molecule has 1 aliphatic heterocycles. The van der Waals surface area contributed by atoms with Crippen molar-refractivity contribution in [2.45, 2.75) is 25.3 Å². The Hall–Kier alpha value is -3.87. The number of benzene rings is 3. The first kappa shape index (κ1) is 24.3. The van der Waals surface area contributed by atoms with Crippen molar-refractivity contribution in [2.24, 2.45) is 5.92 Å². The summed E-state index contributed by atoms with van der Waals surface area (Å²) in [6, 6.07) is 20.6. The normalized spacial score (nSPS) is 17.7. The van der Waals surface area contributed by atoms with E-state index in [1.807, 2.05) is 36.4 Å². The van der Waals surface area contributed by atoms with Gasteiger partial charge in [0.1, 0.15) is 17.3 Å². The summed E-state index contributed by atoms with van der Waals surface area (Å²) in [7, 11) is 3.16. The van der Waals surface area contributed by atoms with Gasteiger partial charge >= 0.3 is 0 Å². The van der Waals surface area contributed by atoms with E-state index < -0.39 is 12.0 Å². The molecule has 1 heterocycles. The van der Waals surface area contributed by atoms with E-state index in [9.17, 15) is 14.0 Å². The molecular formula is C28H29FN2O4. The first-order chi connectivity index (χ1) is 17.0. The molecule has 1 fully saturated rings. The van der Waals surface area contributed by atoms with Crippen LogP contribution in [0.4, 0.5) is 10.1 Å². The number of anilines is 1. The van der Waals surface area contributed by atoms with E-state index in [1.54, 1.807) is 49.5 Å². The van der Waals surface area contributed by atoms with Crippen LogP contribution in [-0.2, 0) is 16.0 Å². The Morgan fingerprint density at radius 3 is 2.43 bits per heavy atom. The zero-order valence-electron chi connectivity index (χ0n) is 19.9. The van der Waals surface area contributed by atoms with Crippen LogP contribution >= 0.6 is 0 Å². The van der Waals surface area contributed by atoms with Gasteiger partial charge in [-0.2, -0.15) is 0 Å². The highest BCUT2D eigenvalue weighted by atomic mass is 19.1. The minimum absolute atomic E-state index is 0.0681. The van der Waals surface area contributed by atoms with E-state index >= 15 is 0 Å². The number of nitrogens with one attached hydrogen (secondary N) is 1. The number of nitrogens with zero attached hydrogens (tertiary/aromatic N) is 1. The van der Waals surface area contributed by atoms with Crippen LogP contribution in [0.15, 0.2) is 72.8 Å². The van der Waals surface area contributed by atoms with Gasteiger partial charge in [-0.15, -0.1) is 0 Å². The highest BCUT2D eigenvalue weighted by Gasteiger charge is 2.42. The summed E-state index contributed by atoms with van der Waals surface area (Å²) >= 11 is 0. The third kappa shape index (κ3) is 5.29. The second kappa shape index (κ2) is 11.0. The molecule has 0 bridgehead atoms. The molecule has 4 rings (SSSR count). The Kier molecular flexibility index (Phi) is 7.65. The van der Waals surface area contributed by atoms with Crippen LogP contribution in [0, 0.1) is 11.7 Å². The van der Waals surface area contributed by atoms with E-state index in [1.165, 1.54) is 6.07 Å². The Labute approximate surface area is 204 Å². The third-order valence-corrected chi connectivity index (χ3v) is 6.39. The summed E-state index contributed by atoms with van der Waals surface area (Å²) in [6.45, 7) is 0.297. The Morgan fingerprint density at radius 2 is 1.71 bits per heavy atom. The molecule has 6 nitrogen and oxygen atoms in total. The molecule has 1 saturated heterocycles. The van der Waals surface area contributed by atoms with Crippen LogP contribution in [-0.4, -0.2) is 32.6 Å². The average Bonchev–Trinajstić information content (AvgIpc) is 2.89. The monoisotopic (exact) mass is 476 g/mol. The maximum absolute atomic E-state index is 14.0. The van der Waals surface area contributed by atoms with Crippen LogP contribution in [0.1, 0.15) is 30.0 Å². The Bertz CT molecular complexity index is 1180. The summed E-state index contributed by atoms with van der Waals surface area (Å²) < 4.78 is 24.9. The van der Waals surface area contributed by atoms with Crippen molar-refractivity contribution in [3.8, 4) is 11.5 Å². The number of hydrogen-bond donors (Lipinski definition) is 1. The molecule has 1 N–H and O–H groups in total. The van der Waals surface area contributed by atoms with Gasteiger partial charge < -0.3 is 19.7 Å². The second-order valence-corrected chi connectivity index (χ2v) is 8.43. The van der Waals surface area contributed by atoms with Gasteiger partial charge in [-0.1, -0.05) is 36.4 Å². The lowest BCUT2D eigenvalue weighted by Gasteiger charge is -2.41. The molecule has 2 atom stereocenters. The van der Waals surface area contributed by atoms with Crippen molar-refractivity contribution >= 4 is 17.5 Å². The molecule has 0 radical (unpaired) electrons. The zero-order chi connectivity index (χ0) is 24.8. The predicted molar refractivity (Wildman–Crippen MR) is 132 cm³/mol. The summed E-state index contributed by atoms with van der Waals surface area (Å²) in [5.41, 5.74) is 1.98. The molecule has 0 saturated carbocycles. The highest BCUT2D eigenvalue weighted by molar-refractivity contribution is 5.97. The van der Waals surface area contributed by atoms with Crippen LogP contribution in [0.3, 0.4) is 0 Å². The molecule has 1 aliphatic rings. The lowest BCUT2D eigenvalue weighted by molar-refractivity contribution is -0.129. The number of ether oxygens (including phenoxy) is 2. The molecule has 0 spiro atoms. The molecule has 3 aromatic rings. The Morgan fingerprint density at radius 1 is 1.00 bits per heavy atom. The van der Waals surface area contributed by atoms with Gasteiger partial charge in [0, 0.05) is 24.2 Å². The third-order valence-electron chi connectivity index (χ3n) is 6.39. The van der Waals surface area contributed by atoms with Crippen molar-refractivity contribution in [3.63, 3.8) is 0 Å². The summed E-state index contributed by atoms with van der Waals surface area (Å²) in [5.74, 6) is 0.239. The highest BCUT2D eigenvalue weighted by Crippen LogP contribution is 2.43. The number of methoxy groups -OCH3 is 2. The topological polar surface area (TPSA) is 67.9 Å². The van der Waals surface area contributed by atoms with Crippen molar-refractivity contribution < 1.29 is 23.5 Å². The number of hydrogen-bond acceptors (Lipinski definition) is 4. The number of halogens is 1. The van der Waals surface area contributed by atoms with Crippen molar-refractivity contribution in [2.75, 3.05) is 25.7 Å². The largest absolute Gasteiger partial charge is 0.497 e. The predicted octanol–water partition coefficient (Wildman–Crippen LogP) is 4.69. The van der Waals surface area contributed by atoms with Crippen LogP contribution in [0.25, 0.3) is 0 Å². The SMILES string of the molecule is COc1ccc(N2C(=O)CC[C@@H](C(=O)NCCc3ccccc3F)[C@H]2c2ccccc2OC)cc1. The summed E-state index contributed by atoms with van der Waals surface area (Å²) in [5, 5.41) is 2.97. The molecule has 0 aliphatic carbocycles. The van der Waals surface area contributed by atoms with Crippen LogP contribution in [0.5, 0.6) is 11.5 Å². The number of rotatable bonds is 8. The molecular weight excluding hydrogens is 447 g/mol. The summed E-state index contributed by atoms with van der Waals surface area (Å²) in [4.78, 5) is 28.3. The van der Waals surface area contributed by atoms with E-state index in [0.29, 0.717) is 42.1 Å². The first-order valence-electron chi connectivity index (χ1n) is 11.6. The molecule has 182 valence electrons. The van der Waals surface area contributed by atoms with Crippen LogP contribution in [0.2, 0.25) is 0 Å². The number of amides is 2. The van der Waals surface area contributed by atoms with Gasteiger partial charge in [-0.3, -0.25) is 9.59 Å². The Balaban J connectivity index is 1.64. The first-order valence-corrected chi connectivity index (χ1v) is 11.6. The average molecular weight is 477 g/mol. The fraction of sp³-hybridized carbons (Fsp3) is 0.286. The lowest BCUT2D eigenvalue weighted by Crippen LogP contribution is -2.48. The second-order valence-electron chi connectivity index (χ2n) is 8.43. The summed E-state index contributed by atoms with van der Waals surface area (Å²) in [6.07, 6.45) is 1.02. The fourth-order valence-corrected chi connectivity index (χ4v) is 4.63. The van der Waals surface area contributed by atoms with E-state index in [0.717, 1.165) is 5.56 Å². The molecule has 0 unspecified atom stereocenters. The van der Waals surface area contributed by atoms with Crippen molar-refractivity contribution in [1.29, 1.82) is 0 Å². The van der Waals surface area contributed by atoms with E-state index in [2.05, 4.69) is 5.32 Å². The smallest absolute Gasteiger partial charge is 0.227 e. The van der Waals surface area contributed by atoms with Gasteiger partial charge in [0.25, 0.3) is 0 Å². The number of carbonyl (C=O) groups excluding carboxylic acids is 2. The fourth-order valence-electron chi connectivity index (χ4n) is 4.63. The maximum Gasteiger partial charge on any atom is 0.227 e. The van der Waals surface area contributed by atoms with Gasteiger partial charge in [0.15, 0.2) is 0 Å². The van der Waals surface area contributed by atoms with Gasteiger partial charge in [-0.05, 0) is 54.8 Å². The number of carbonyl (C=O) groups is 2. The lowest BCUT2D eigenvalue weighted by atomic mass is 9.82. The van der Waals surface area contributed by atoms with Gasteiger partial charge in [0.05, 0.1) is 26.2 Å². The number of para-hydroxylation sites is 1. The maximum atomic E-state index is 14.0. The minimum Gasteiger partial charge on any atom is -0.497 e. The van der Waals surface area contributed by atoms with Crippen molar-refractivity contribution in [1.82, 2.24) is 5.32 Å². The molecule has 35 heavy (non-hydrogen) atoms. The van der Waals surface area contributed by atoms with Crippen molar-refractivity contribution in [3.05, 3.63) is 89.7 Å². The van der Waals surface area contributed by atoms with Gasteiger partial charge in [-0.25, -0.2) is 4.39 Å². The quantitative estimate of drug-likeness (QED) is 0.512. The zero-order valence-corrected chi connectivity index (χ0v) is 19.9. The van der Waals surface area contributed by atoms with Crippen LogP contribution < -0.4 is 19.7 Å². The molecule has 7 heteroatoms. The van der Waals surface area contributed by atoms with E-state index in [-0.39, 0.29) is 24.1 Å². The number of piperidine rings is 1. The van der Waals surface area contributed by atoms with E-state index in [4.69, 9.17) is 9.47 Å².